The molecule has 2 N–H and O–H groups in total. The lowest BCUT2D eigenvalue weighted by atomic mass is 10.0. The minimum atomic E-state index is -0.458. The van der Waals surface area contributed by atoms with Gasteiger partial charge in [-0.3, -0.25) is 4.79 Å². The Morgan fingerprint density at radius 1 is 1.16 bits per heavy atom. The van der Waals surface area contributed by atoms with Crippen LogP contribution in [0.3, 0.4) is 0 Å². The summed E-state index contributed by atoms with van der Waals surface area (Å²) in [6.45, 7) is 3.22. The van der Waals surface area contributed by atoms with Gasteiger partial charge in [0.25, 0.3) is 0 Å². The molecule has 158 valence electrons. The number of ether oxygens (including phenoxy) is 2. The van der Waals surface area contributed by atoms with Crippen LogP contribution < -0.4 is 15.4 Å². The molecule has 2 aromatic carbocycles. The van der Waals surface area contributed by atoms with Crippen molar-refractivity contribution < 1.29 is 14.3 Å². The summed E-state index contributed by atoms with van der Waals surface area (Å²) in [5.74, 6) is 0.128. The van der Waals surface area contributed by atoms with E-state index in [1.165, 1.54) is 0 Å². The zero-order valence-electron chi connectivity index (χ0n) is 17.2. The molecule has 1 amide bonds. The number of morpholine rings is 1. The van der Waals surface area contributed by atoms with Crippen LogP contribution in [-0.2, 0) is 11.2 Å². The molecule has 31 heavy (non-hydrogen) atoms. The number of carbonyl (C=O) groups is 1. The summed E-state index contributed by atoms with van der Waals surface area (Å²) in [6, 6.07) is 13.6. The summed E-state index contributed by atoms with van der Waals surface area (Å²) in [5, 5.41) is 0.485. The van der Waals surface area contributed by atoms with Crippen molar-refractivity contribution in [1.29, 1.82) is 0 Å². The van der Waals surface area contributed by atoms with Crippen molar-refractivity contribution in [1.82, 2.24) is 4.98 Å². The van der Waals surface area contributed by atoms with E-state index >= 15 is 0 Å². The number of hydrogen-bond acceptors (Lipinski definition) is 5. The molecule has 0 bridgehead atoms. The molecule has 0 spiro atoms. The molecular weight excluding hydrogens is 414 g/mol. The van der Waals surface area contributed by atoms with Crippen LogP contribution in [0.2, 0.25) is 5.02 Å². The fourth-order valence-electron chi connectivity index (χ4n) is 4.33. The number of fused-ring (bicyclic) bond motifs is 3. The van der Waals surface area contributed by atoms with Crippen LogP contribution in [0.25, 0.3) is 22.5 Å². The molecule has 0 radical (unpaired) electrons. The van der Waals surface area contributed by atoms with Crippen molar-refractivity contribution in [2.75, 3.05) is 38.3 Å². The Kier molecular flexibility index (Phi) is 5.04. The predicted molar refractivity (Wildman–Crippen MR) is 121 cm³/mol. The Hall–Kier alpha value is -3.09. The lowest BCUT2D eigenvalue weighted by Gasteiger charge is -2.29. The highest BCUT2D eigenvalue weighted by molar-refractivity contribution is 6.32. The van der Waals surface area contributed by atoms with Crippen molar-refractivity contribution in [3.8, 4) is 28.3 Å². The lowest BCUT2D eigenvalue weighted by Crippen LogP contribution is -2.36. The second kappa shape index (κ2) is 7.87. The summed E-state index contributed by atoms with van der Waals surface area (Å²) in [6.07, 6.45) is 0.637. The molecule has 1 aromatic heterocycles. The molecular formula is C24H22ClN3O3. The normalized spacial score (nSPS) is 14.8. The maximum atomic E-state index is 12.3. The Morgan fingerprint density at radius 3 is 2.68 bits per heavy atom. The fourth-order valence-corrected chi connectivity index (χ4v) is 4.59. The third-order valence-electron chi connectivity index (χ3n) is 5.92. The van der Waals surface area contributed by atoms with Crippen molar-refractivity contribution in [3.63, 3.8) is 0 Å². The Labute approximate surface area is 185 Å². The first kappa shape index (κ1) is 19.8. The van der Waals surface area contributed by atoms with Gasteiger partial charge in [0, 0.05) is 41.9 Å². The monoisotopic (exact) mass is 435 g/mol. The van der Waals surface area contributed by atoms with Crippen molar-refractivity contribution in [2.45, 2.75) is 6.42 Å². The number of rotatable bonds is 4. The number of amides is 1. The van der Waals surface area contributed by atoms with Crippen molar-refractivity contribution >= 4 is 23.2 Å². The molecule has 1 aliphatic carbocycles. The van der Waals surface area contributed by atoms with Crippen molar-refractivity contribution in [2.24, 2.45) is 5.73 Å². The average Bonchev–Trinajstić information content (AvgIpc) is 3.16. The molecule has 3 aromatic rings. The first-order valence-electron chi connectivity index (χ1n) is 10.2. The molecule has 6 nitrogen and oxygen atoms in total. The van der Waals surface area contributed by atoms with E-state index in [2.05, 4.69) is 23.1 Å². The predicted octanol–water partition coefficient (Wildman–Crippen LogP) is 3.92. The number of primary amides is 1. The standard InChI is InChI=1S/C24H22ClN3O3/c1-30-22-5-2-14(12-20(22)25)21-13-19(24(26)29)18-11-15-10-16(28-6-8-31-9-7-28)3-4-17(15)23(18)27-21/h2-5,10,12-13H,6-9,11H2,1H3,(H2,26,29). The Bertz CT molecular complexity index is 1190. The first-order valence-corrected chi connectivity index (χ1v) is 10.6. The maximum Gasteiger partial charge on any atom is 0.249 e. The number of carbonyl (C=O) groups excluding carboxylic acids is 1. The van der Waals surface area contributed by atoms with Crippen LogP contribution in [0.4, 0.5) is 5.69 Å². The van der Waals surface area contributed by atoms with Gasteiger partial charge >= 0.3 is 0 Å². The van der Waals surface area contributed by atoms with Gasteiger partial charge in [0.2, 0.25) is 5.91 Å². The van der Waals surface area contributed by atoms with E-state index in [1.807, 2.05) is 6.07 Å². The van der Waals surface area contributed by atoms with Gasteiger partial charge < -0.3 is 20.1 Å². The molecule has 0 unspecified atom stereocenters. The summed E-state index contributed by atoms with van der Waals surface area (Å²) >= 11 is 6.31. The summed E-state index contributed by atoms with van der Waals surface area (Å²) in [7, 11) is 1.57. The molecule has 5 rings (SSSR count). The smallest absolute Gasteiger partial charge is 0.249 e. The Balaban J connectivity index is 1.59. The van der Waals surface area contributed by atoms with Gasteiger partial charge in [-0.05, 0) is 47.5 Å². The number of anilines is 1. The van der Waals surface area contributed by atoms with Crippen LogP contribution in [0.1, 0.15) is 21.5 Å². The number of methoxy groups -OCH3 is 1. The second-order valence-corrected chi connectivity index (χ2v) is 8.12. The van der Waals surface area contributed by atoms with Crippen LogP contribution in [0, 0.1) is 0 Å². The van der Waals surface area contributed by atoms with E-state index in [4.69, 9.17) is 31.8 Å². The van der Waals surface area contributed by atoms with Gasteiger partial charge in [0.05, 0.1) is 36.7 Å². The Morgan fingerprint density at radius 2 is 1.97 bits per heavy atom. The van der Waals surface area contributed by atoms with E-state index in [0.29, 0.717) is 28.5 Å². The number of pyridine rings is 1. The maximum absolute atomic E-state index is 12.3. The van der Waals surface area contributed by atoms with Gasteiger partial charge in [-0.1, -0.05) is 17.7 Å². The van der Waals surface area contributed by atoms with Gasteiger partial charge in [0.15, 0.2) is 0 Å². The second-order valence-electron chi connectivity index (χ2n) is 7.71. The average molecular weight is 436 g/mol. The van der Waals surface area contributed by atoms with Crippen LogP contribution >= 0.6 is 11.6 Å². The van der Waals surface area contributed by atoms with E-state index < -0.39 is 5.91 Å². The SMILES string of the molecule is COc1ccc(-c2cc(C(N)=O)c3c(n2)-c2ccc(N4CCOCC4)cc2C3)cc1Cl. The number of nitrogens with zero attached hydrogens (tertiary/aromatic N) is 2. The highest BCUT2D eigenvalue weighted by Crippen LogP contribution is 2.41. The van der Waals surface area contributed by atoms with E-state index in [-0.39, 0.29) is 0 Å². The summed E-state index contributed by atoms with van der Waals surface area (Å²) in [4.78, 5) is 19.5. The number of hydrogen-bond donors (Lipinski definition) is 1. The van der Waals surface area contributed by atoms with E-state index in [0.717, 1.165) is 59.9 Å². The summed E-state index contributed by atoms with van der Waals surface area (Å²) in [5.41, 5.74) is 12.7. The van der Waals surface area contributed by atoms with E-state index in [9.17, 15) is 4.79 Å². The molecule has 2 heterocycles. The van der Waals surface area contributed by atoms with Crippen LogP contribution in [0.15, 0.2) is 42.5 Å². The first-order chi connectivity index (χ1) is 15.0. The number of halogens is 1. The van der Waals surface area contributed by atoms with Gasteiger partial charge in [-0.25, -0.2) is 4.98 Å². The van der Waals surface area contributed by atoms with Crippen LogP contribution in [0.5, 0.6) is 5.75 Å². The zero-order valence-corrected chi connectivity index (χ0v) is 17.9. The highest BCUT2D eigenvalue weighted by Gasteiger charge is 2.27. The minimum Gasteiger partial charge on any atom is -0.495 e. The molecule has 0 saturated carbocycles. The van der Waals surface area contributed by atoms with Crippen molar-refractivity contribution in [3.05, 3.63) is 64.2 Å². The highest BCUT2D eigenvalue weighted by atomic mass is 35.5. The number of aromatic nitrogens is 1. The summed E-state index contributed by atoms with van der Waals surface area (Å²) < 4.78 is 10.7. The van der Waals surface area contributed by atoms with E-state index in [1.54, 1.807) is 25.3 Å². The van der Waals surface area contributed by atoms with Gasteiger partial charge in [-0.15, -0.1) is 0 Å². The van der Waals surface area contributed by atoms with Gasteiger partial charge in [-0.2, -0.15) is 0 Å². The fraction of sp³-hybridized carbons (Fsp3) is 0.250. The molecule has 0 atom stereocenters. The molecule has 1 saturated heterocycles. The largest absolute Gasteiger partial charge is 0.495 e. The zero-order chi connectivity index (χ0) is 21.5. The quantitative estimate of drug-likeness (QED) is 0.525. The number of nitrogens with two attached hydrogens (primary N) is 1. The third-order valence-corrected chi connectivity index (χ3v) is 6.22. The number of benzene rings is 2. The minimum absolute atomic E-state index is 0.458. The van der Waals surface area contributed by atoms with Crippen LogP contribution in [-0.4, -0.2) is 44.3 Å². The molecule has 2 aliphatic rings. The molecule has 1 fully saturated rings. The molecule has 1 aliphatic heterocycles. The van der Waals surface area contributed by atoms with Gasteiger partial charge in [0.1, 0.15) is 5.75 Å². The molecule has 7 heteroatoms. The third kappa shape index (κ3) is 3.52. The topological polar surface area (TPSA) is 77.7 Å². The lowest BCUT2D eigenvalue weighted by molar-refractivity contribution is 0.0999.